The Hall–Kier alpha value is -0.560. The maximum Gasteiger partial charge on any atom is 0.00448 e. The van der Waals surface area contributed by atoms with E-state index in [0.29, 0.717) is 11.3 Å². The lowest BCUT2D eigenvalue weighted by Crippen LogP contribution is -2.35. The minimum absolute atomic E-state index is 0.373. The molecule has 144 valence electrons. The smallest absolute Gasteiger partial charge is 0.00448 e. The van der Waals surface area contributed by atoms with Crippen molar-refractivity contribution in [2.24, 2.45) is 35.0 Å². The standard InChI is InChI=1S/C24H43N/c1-9-10-11-25-15-24(7,8)14-18(4)23-19(5)16(2)12-17(3)21-13-22(21)20(23)6/h12,16,18-19,21,23,25H,9-11,13-15H2,1-8H3/b17-12-,22-20-/t16-,18-,19-,21+,23+/m0/s1. The first-order valence-corrected chi connectivity index (χ1v) is 10.8. The molecule has 0 saturated heterocycles. The predicted octanol–water partition coefficient (Wildman–Crippen LogP) is 6.61. The quantitative estimate of drug-likeness (QED) is 0.385. The van der Waals surface area contributed by atoms with Crippen molar-refractivity contribution in [1.29, 1.82) is 0 Å². The lowest BCUT2D eigenvalue weighted by molar-refractivity contribution is 0.179. The van der Waals surface area contributed by atoms with Crippen molar-refractivity contribution >= 4 is 0 Å². The Balaban J connectivity index is 2.06. The third-order valence-corrected chi connectivity index (χ3v) is 6.96. The molecule has 25 heavy (non-hydrogen) atoms. The molecule has 1 nitrogen and oxygen atoms in total. The molecule has 1 N–H and O–H groups in total. The molecule has 1 saturated carbocycles. The van der Waals surface area contributed by atoms with Gasteiger partial charge in [-0.3, -0.25) is 0 Å². The second kappa shape index (κ2) is 8.42. The van der Waals surface area contributed by atoms with E-state index in [-0.39, 0.29) is 0 Å². The van der Waals surface area contributed by atoms with Crippen LogP contribution < -0.4 is 5.32 Å². The van der Waals surface area contributed by atoms with E-state index in [1.165, 1.54) is 32.2 Å². The molecule has 1 heteroatoms. The molecular formula is C24H43N. The van der Waals surface area contributed by atoms with Gasteiger partial charge in [-0.05, 0) is 68.7 Å². The van der Waals surface area contributed by atoms with Crippen LogP contribution >= 0.6 is 0 Å². The summed E-state index contributed by atoms with van der Waals surface area (Å²) < 4.78 is 0. The summed E-state index contributed by atoms with van der Waals surface area (Å²) in [7, 11) is 0. The third-order valence-electron chi connectivity index (χ3n) is 6.96. The minimum Gasteiger partial charge on any atom is -0.316 e. The number of hydrogen-bond acceptors (Lipinski definition) is 1. The summed E-state index contributed by atoms with van der Waals surface area (Å²) in [6.07, 6.45) is 7.79. The average molecular weight is 346 g/mol. The monoisotopic (exact) mass is 345 g/mol. The van der Waals surface area contributed by atoms with Gasteiger partial charge in [-0.2, -0.15) is 0 Å². The summed E-state index contributed by atoms with van der Waals surface area (Å²) in [5, 5.41) is 3.69. The van der Waals surface area contributed by atoms with Crippen LogP contribution in [0.2, 0.25) is 0 Å². The van der Waals surface area contributed by atoms with Gasteiger partial charge < -0.3 is 5.32 Å². The van der Waals surface area contributed by atoms with Gasteiger partial charge in [0.25, 0.3) is 0 Å². The molecule has 0 aromatic rings. The fraction of sp³-hybridized carbons (Fsp3) is 0.833. The van der Waals surface area contributed by atoms with E-state index in [2.05, 4.69) is 66.8 Å². The zero-order valence-electron chi connectivity index (χ0n) is 18.2. The lowest BCUT2D eigenvalue weighted by Gasteiger charge is -2.38. The second-order valence-electron chi connectivity index (χ2n) is 10.00. The van der Waals surface area contributed by atoms with Gasteiger partial charge in [-0.15, -0.1) is 0 Å². The van der Waals surface area contributed by atoms with Crippen molar-refractivity contribution in [1.82, 2.24) is 5.32 Å². The topological polar surface area (TPSA) is 12.0 Å². The average Bonchev–Trinajstić information content (AvgIpc) is 3.30. The summed E-state index contributed by atoms with van der Waals surface area (Å²) in [6.45, 7) is 21.7. The number of hydrogen-bond donors (Lipinski definition) is 1. The Labute approximate surface area is 157 Å². The van der Waals surface area contributed by atoms with E-state index in [1.807, 2.05) is 0 Å². The van der Waals surface area contributed by atoms with Gasteiger partial charge in [0.2, 0.25) is 0 Å². The summed E-state index contributed by atoms with van der Waals surface area (Å²) >= 11 is 0. The molecule has 0 heterocycles. The highest BCUT2D eigenvalue weighted by Crippen LogP contribution is 2.52. The molecule has 2 aliphatic carbocycles. The molecule has 1 fully saturated rings. The van der Waals surface area contributed by atoms with E-state index in [0.717, 1.165) is 30.2 Å². The van der Waals surface area contributed by atoms with Crippen LogP contribution in [0.15, 0.2) is 22.8 Å². The van der Waals surface area contributed by atoms with Crippen LogP contribution in [-0.2, 0) is 0 Å². The Morgan fingerprint density at radius 3 is 2.56 bits per heavy atom. The highest BCUT2D eigenvalue weighted by atomic mass is 14.9. The zero-order chi connectivity index (χ0) is 18.8. The van der Waals surface area contributed by atoms with E-state index in [4.69, 9.17) is 0 Å². The van der Waals surface area contributed by atoms with Gasteiger partial charge in [0.1, 0.15) is 0 Å². The lowest BCUT2D eigenvalue weighted by atomic mass is 9.67. The molecule has 2 aliphatic rings. The molecular weight excluding hydrogens is 302 g/mol. The molecule has 0 spiro atoms. The van der Waals surface area contributed by atoms with E-state index >= 15 is 0 Å². The van der Waals surface area contributed by atoms with Crippen LogP contribution in [0.5, 0.6) is 0 Å². The van der Waals surface area contributed by atoms with Crippen LogP contribution in [0.1, 0.15) is 81.1 Å². The number of allylic oxidation sites excluding steroid dienone is 4. The number of fused-ring (bicyclic) bond motifs is 1. The van der Waals surface area contributed by atoms with Crippen LogP contribution in [0.4, 0.5) is 0 Å². The number of nitrogens with one attached hydrogen (secondary N) is 1. The van der Waals surface area contributed by atoms with Gasteiger partial charge in [0.05, 0.1) is 0 Å². The van der Waals surface area contributed by atoms with Crippen molar-refractivity contribution in [2.45, 2.75) is 81.1 Å². The predicted molar refractivity (Wildman–Crippen MR) is 112 cm³/mol. The van der Waals surface area contributed by atoms with E-state index < -0.39 is 0 Å². The van der Waals surface area contributed by atoms with Crippen LogP contribution in [0.25, 0.3) is 0 Å². The molecule has 2 rings (SSSR count). The Bertz CT molecular complexity index is 510. The largest absolute Gasteiger partial charge is 0.316 e. The summed E-state index contributed by atoms with van der Waals surface area (Å²) in [5.74, 6) is 3.71. The molecule has 0 radical (unpaired) electrons. The van der Waals surface area contributed by atoms with Gasteiger partial charge in [-0.25, -0.2) is 0 Å². The molecule has 0 bridgehead atoms. The minimum atomic E-state index is 0.373. The first-order valence-electron chi connectivity index (χ1n) is 10.8. The summed E-state index contributed by atoms with van der Waals surface area (Å²) in [4.78, 5) is 0. The van der Waals surface area contributed by atoms with Crippen molar-refractivity contribution in [2.75, 3.05) is 13.1 Å². The Morgan fingerprint density at radius 1 is 1.24 bits per heavy atom. The van der Waals surface area contributed by atoms with Crippen LogP contribution in [-0.4, -0.2) is 13.1 Å². The number of rotatable bonds is 8. The van der Waals surface area contributed by atoms with Crippen molar-refractivity contribution in [3.63, 3.8) is 0 Å². The van der Waals surface area contributed by atoms with Gasteiger partial charge >= 0.3 is 0 Å². The number of unbranched alkanes of at least 4 members (excludes halogenated alkanes) is 1. The van der Waals surface area contributed by atoms with Gasteiger partial charge in [0.15, 0.2) is 0 Å². The first kappa shape index (κ1) is 20.7. The SMILES string of the molecule is CCCCNCC(C)(C)C[C@H](C)[C@H]1/C(C)=C2/C[C@@H]2/C(C)=C\[C@H](C)[C@@H]1C. The van der Waals surface area contributed by atoms with Crippen LogP contribution in [0, 0.1) is 35.0 Å². The van der Waals surface area contributed by atoms with Crippen molar-refractivity contribution in [3.8, 4) is 0 Å². The third kappa shape index (κ3) is 5.22. The molecule has 0 unspecified atom stereocenters. The van der Waals surface area contributed by atoms with Crippen LogP contribution in [0.3, 0.4) is 0 Å². The van der Waals surface area contributed by atoms with E-state index in [1.54, 1.807) is 16.7 Å². The normalized spacial score (nSPS) is 36.1. The highest BCUT2D eigenvalue weighted by molar-refractivity contribution is 5.40. The zero-order valence-corrected chi connectivity index (χ0v) is 18.2. The second-order valence-corrected chi connectivity index (χ2v) is 10.00. The summed E-state index contributed by atoms with van der Waals surface area (Å²) in [5.41, 5.74) is 5.50. The summed E-state index contributed by atoms with van der Waals surface area (Å²) in [6, 6.07) is 0. The van der Waals surface area contributed by atoms with Gasteiger partial charge in [-0.1, -0.05) is 70.8 Å². The van der Waals surface area contributed by atoms with Crippen molar-refractivity contribution < 1.29 is 0 Å². The van der Waals surface area contributed by atoms with E-state index in [9.17, 15) is 0 Å². The molecule has 5 atom stereocenters. The fourth-order valence-electron chi connectivity index (χ4n) is 5.39. The first-order chi connectivity index (χ1) is 11.7. The maximum absolute atomic E-state index is 3.69. The van der Waals surface area contributed by atoms with Crippen molar-refractivity contribution in [3.05, 3.63) is 22.8 Å². The fourth-order valence-corrected chi connectivity index (χ4v) is 5.39. The molecule has 0 aromatic heterocycles. The molecule has 0 aromatic carbocycles. The maximum atomic E-state index is 3.69. The molecule has 0 aliphatic heterocycles. The Kier molecular flexibility index (Phi) is 6.99. The highest BCUT2D eigenvalue weighted by Gasteiger charge is 2.41. The molecule has 0 amide bonds. The van der Waals surface area contributed by atoms with Gasteiger partial charge in [0, 0.05) is 12.5 Å². The Morgan fingerprint density at radius 2 is 1.92 bits per heavy atom.